The highest BCUT2D eigenvalue weighted by atomic mass is 16.2. The Balaban J connectivity index is 2.02. The van der Waals surface area contributed by atoms with Crippen molar-refractivity contribution in [3.63, 3.8) is 0 Å². The van der Waals surface area contributed by atoms with Gasteiger partial charge in [-0.15, -0.1) is 0 Å². The molecule has 1 saturated heterocycles. The largest absolute Gasteiger partial charge is 0.373 e. The van der Waals surface area contributed by atoms with Crippen molar-refractivity contribution < 1.29 is 4.79 Å². The van der Waals surface area contributed by atoms with Gasteiger partial charge in [0.2, 0.25) is 0 Å². The number of hydrogen-bond acceptors (Lipinski definition) is 3. The highest BCUT2D eigenvalue weighted by Gasteiger charge is 2.28. The third-order valence-electron chi connectivity index (χ3n) is 4.51. The topological polar surface area (TPSA) is 45.2 Å². The number of carbonyl (C=O) groups is 1. The van der Waals surface area contributed by atoms with Crippen LogP contribution < -0.4 is 5.32 Å². The zero-order valence-corrected chi connectivity index (χ0v) is 13.6. The number of carbonyl (C=O) groups excluding carboxylic acids is 1. The molecule has 1 atom stereocenters. The molecule has 1 aromatic rings. The van der Waals surface area contributed by atoms with Crippen molar-refractivity contribution in [2.24, 2.45) is 11.3 Å². The normalized spacial score (nSPS) is 20.0. The third-order valence-corrected chi connectivity index (χ3v) is 4.51. The summed E-state index contributed by atoms with van der Waals surface area (Å²) in [5, 5.41) is 2.97. The average molecular weight is 289 g/mol. The molecule has 1 fully saturated rings. The summed E-state index contributed by atoms with van der Waals surface area (Å²) in [5.74, 6) is 1.59. The van der Waals surface area contributed by atoms with Crippen LogP contribution in [-0.2, 0) is 0 Å². The molecule has 21 heavy (non-hydrogen) atoms. The molecule has 1 unspecified atom stereocenters. The van der Waals surface area contributed by atoms with Crippen molar-refractivity contribution in [3.05, 3.63) is 23.9 Å². The molecule has 0 aliphatic carbocycles. The van der Waals surface area contributed by atoms with Gasteiger partial charge in [-0.1, -0.05) is 20.8 Å². The van der Waals surface area contributed by atoms with Crippen LogP contribution in [-0.4, -0.2) is 35.9 Å². The molecule has 116 valence electrons. The zero-order chi connectivity index (χ0) is 15.5. The van der Waals surface area contributed by atoms with E-state index in [0.29, 0.717) is 16.9 Å². The lowest BCUT2D eigenvalue weighted by molar-refractivity contribution is 0.0755. The Morgan fingerprint density at radius 2 is 2.05 bits per heavy atom. The van der Waals surface area contributed by atoms with Gasteiger partial charge in [0, 0.05) is 26.3 Å². The highest BCUT2D eigenvalue weighted by Crippen LogP contribution is 2.34. The number of nitrogens with zero attached hydrogens (tertiary/aromatic N) is 2. The highest BCUT2D eigenvalue weighted by molar-refractivity contribution is 5.94. The molecule has 4 heteroatoms. The Hall–Kier alpha value is -1.58. The maximum Gasteiger partial charge on any atom is 0.255 e. The van der Waals surface area contributed by atoms with Crippen molar-refractivity contribution in [3.8, 4) is 0 Å². The molecule has 2 rings (SSSR count). The van der Waals surface area contributed by atoms with Crippen LogP contribution in [0.3, 0.4) is 0 Å². The Kier molecular flexibility index (Phi) is 4.86. The molecule has 1 amide bonds. The SMILES string of the molecule is CNc1ccc(C(=O)N2CCCC(C(C)(C)C)CC2)cn1. The van der Waals surface area contributed by atoms with Crippen molar-refractivity contribution in [2.75, 3.05) is 25.5 Å². The van der Waals surface area contributed by atoms with Crippen molar-refractivity contribution in [1.82, 2.24) is 9.88 Å². The van der Waals surface area contributed by atoms with Crippen LogP contribution in [0.5, 0.6) is 0 Å². The van der Waals surface area contributed by atoms with Gasteiger partial charge in [-0.3, -0.25) is 4.79 Å². The van der Waals surface area contributed by atoms with Crippen LogP contribution in [0.1, 0.15) is 50.4 Å². The van der Waals surface area contributed by atoms with Crippen LogP contribution in [0.4, 0.5) is 5.82 Å². The second-order valence-electron chi connectivity index (χ2n) is 6.97. The van der Waals surface area contributed by atoms with E-state index >= 15 is 0 Å². The minimum Gasteiger partial charge on any atom is -0.373 e. The predicted molar refractivity (Wildman–Crippen MR) is 86.5 cm³/mol. The maximum atomic E-state index is 12.6. The van der Waals surface area contributed by atoms with Crippen LogP contribution >= 0.6 is 0 Å². The molecule has 0 aromatic carbocycles. The number of amides is 1. The Morgan fingerprint density at radius 3 is 2.62 bits per heavy atom. The van der Waals surface area contributed by atoms with E-state index in [1.54, 1.807) is 6.20 Å². The molecule has 4 nitrogen and oxygen atoms in total. The molecule has 0 saturated carbocycles. The van der Waals surface area contributed by atoms with Crippen LogP contribution in [0.25, 0.3) is 0 Å². The van der Waals surface area contributed by atoms with Crippen LogP contribution in [0, 0.1) is 11.3 Å². The first kappa shape index (κ1) is 15.8. The van der Waals surface area contributed by atoms with E-state index in [4.69, 9.17) is 0 Å². The fraction of sp³-hybridized carbons (Fsp3) is 0.647. The molecule has 2 heterocycles. The minimum atomic E-state index is 0.111. The smallest absolute Gasteiger partial charge is 0.255 e. The number of aromatic nitrogens is 1. The predicted octanol–water partition coefficient (Wildman–Crippen LogP) is 3.41. The Labute approximate surface area is 127 Å². The van der Waals surface area contributed by atoms with E-state index in [1.807, 2.05) is 24.1 Å². The number of pyridine rings is 1. The molecule has 1 N–H and O–H groups in total. The molecular weight excluding hydrogens is 262 g/mol. The summed E-state index contributed by atoms with van der Waals surface area (Å²) in [5.41, 5.74) is 1.01. The summed E-state index contributed by atoms with van der Waals surface area (Å²) in [4.78, 5) is 18.8. The maximum absolute atomic E-state index is 12.6. The minimum absolute atomic E-state index is 0.111. The third kappa shape index (κ3) is 3.96. The van der Waals surface area contributed by atoms with E-state index < -0.39 is 0 Å². The summed E-state index contributed by atoms with van der Waals surface area (Å²) in [6.07, 6.45) is 5.07. The van der Waals surface area contributed by atoms with Crippen molar-refractivity contribution >= 4 is 11.7 Å². The van der Waals surface area contributed by atoms with Gasteiger partial charge in [0.1, 0.15) is 5.82 Å². The molecule has 0 bridgehead atoms. The lowest BCUT2D eigenvalue weighted by atomic mass is 9.77. The second-order valence-corrected chi connectivity index (χ2v) is 6.97. The fourth-order valence-electron chi connectivity index (χ4n) is 3.02. The van der Waals surface area contributed by atoms with E-state index in [-0.39, 0.29) is 5.91 Å². The van der Waals surface area contributed by atoms with E-state index in [0.717, 1.165) is 31.7 Å². The number of likely N-dealkylation sites (tertiary alicyclic amines) is 1. The summed E-state index contributed by atoms with van der Waals surface area (Å²) >= 11 is 0. The van der Waals surface area contributed by atoms with Crippen LogP contribution in [0.2, 0.25) is 0 Å². The summed E-state index contributed by atoms with van der Waals surface area (Å²) < 4.78 is 0. The first-order valence-corrected chi connectivity index (χ1v) is 7.85. The fourth-order valence-corrected chi connectivity index (χ4v) is 3.02. The first-order chi connectivity index (χ1) is 9.91. The average Bonchev–Trinajstić information content (AvgIpc) is 2.72. The summed E-state index contributed by atoms with van der Waals surface area (Å²) in [6, 6.07) is 3.70. The van der Waals surface area contributed by atoms with Crippen molar-refractivity contribution in [1.29, 1.82) is 0 Å². The van der Waals surface area contributed by atoms with Crippen molar-refractivity contribution in [2.45, 2.75) is 40.0 Å². The second kappa shape index (κ2) is 6.46. The molecule has 0 spiro atoms. The molecular formula is C17H27N3O. The standard InChI is InChI=1S/C17H27N3O/c1-17(2,3)14-6-5-10-20(11-9-14)16(21)13-7-8-15(18-4)19-12-13/h7-8,12,14H,5-6,9-11H2,1-4H3,(H,18,19). The van der Waals surface area contributed by atoms with E-state index in [2.05, 4.69) is 31.1 Å². The summed E-state index contributed by atoms with van der Waals surface area (Å²) in [6.45, 7) is 8.62. The van der Waals surface area contributed by atoms with Gasteiger partial charge in [0.15, 0.2) is 0 Å². The van der Waals surface area contributed by atoms with Gasteiger partial charge in [0.25, 0.3) is 5.91 Å². The Morgan fingerprint density at radius 1 is 1.29 bits per heavy atom. The molecule has 0 radical (unpaired) electrons. The molecule has 1 aliphatic rings. The van der Waals surface area contributed by atoms with Gasteiger partial charge >= 0.3 is 0 Å². The monoisotopic (exact) mass is 289 g/mol. The van der Waals surface area contributed by atoms with Crippen LogP contribution in [0.15, 0.2) is 18.3 Å². The van der Waals surface area contributed by atoms with Gasteiger partial charge in [-0.25, -0.2) is 4.98 Å². The number of anilines is 1. The van der Waals surface area contributed by atoms with Gasteiger partial charge in [0.05, 0.1) is 5.56 Å². The zero-order valence-electron chi connectivity index (χ0n) is 13.6. The number of nitrogens with one attached hydrogen (secondary N) is 1. The summed E-state index contributed by atoms with van der Waals surface area (Å²) in [7, 11) is 1.82. The molecule has 1 aromatic heterocycles. The number of hydrogen-bond donors (Lipinski definition) is 1. The van der Waals surface area contributed by atoms with E-state index in [1.165, 1.54) is 6.42 Å². The van der Waals surface area contributed by atoms with E-state index in [9.17, 15) is 4.79 Å². The van der Waals surface area contributed by atoms with Gasteiger partial charge < -0.3 is 10.2 Å². The number of rotatable bonds is 2. The van der Waals surface area contributed by atoms with Gasteiger partial charge in [-0.05, 0) is 42.7 Å². The molecule has 1 aliphatic heterocycles. The van der Waals surface area contributed by atoms with Gasteiger partial charge in [-0.2, -0.15) is 0 Å². The lowest BCUT2D eigenvalue weighted by Gasteiger charge is -2.29. The lowest BCUT2D eigenvalue weighted by Crippen LogP contribution is -2.32. The quantitative estimate of drug-likeness (QED) is 0.907. The Bertz CT molecular complexity index is 476. The first-order valence-electron chi connectivity index (χ1n) is 7.85.